The number of halogens is 2. The number of hydrogen-bond donors (Lipinski definition) is 1. The van der Waals surface area contributed by atoms with Crippen LogP contribution in [0.15, 0.2) is 47.6 Å². The van der Waals surface area contributed by atoms with Crippen molar-refractivity contribution >= 4 is 23.4 Å². The van der Waals surface area contributed by atoms with E-state index >= 15 is 0 Å². The van der Waals surface area contributed by atoms with E-state index in [2.05, 4.69) is 65.1 Å². The van der Waals surface area contributed by atoms with Gasteiger partial charge in [0.15, 0.2) is 11.0 Å². The number of anilines is 1. The molecule has 1 aliphatic carbocycles. The van der Waals surface area contributed by atoms with Gasteiger partial charge in [-0.3, -0.25) is 9.36 Å². The van der Waals surface area contributed by atoms with E-state index in [9.17, 15) is 13.6 Å². The number of thioether (sulfide) groups is 1. The Balaban J connectivity index is 1.53. The molecule has 0 bridgehead atoms. The molecule has 0 atom stereocenters. The lowest BCUT2D eigenvalue weighted by Gasteiger charge is -2.20. The van der Waals surface area contributed by atoms with Crippen molar-refractivity contribution in [1.82, 2.24) is 14.8 Å². The van der Waals surface area contributed by atoms with E-state index in [1.807, 2.05) is 0 Å². The van der Waals surface area contributed by atoms with Crippen LogP contribution in [-0.2, 0) is 10.2 Å². The first-order valence-electron chi connectivity index (χ1n) is 11.2. The molecule has 8 heteroatoms. The van der Waals surface area contributed by atoms with E-state index in [4.69, 9.17) is 0 Å². The lowest BCUT2D eigenvalue weighted by molar-refractivity contribution is -0.113. The van der Waals surface area contributed by atoms with E-state index in [1.54, 1.807) is 0 Å². The van der Waals surface area contributed by atoms with Gasteiger partial charge in [0.25, 0.3) is 0 Å². The van der Waals surface area contributed by atoms with Crippen molar-refractivity contribution in [3.8, 4) is 11.4 Å². The molecular weight excluding hydrogens is 442 g/mol. The van der Waals surface area contributed by atoms with E-state index in [-0.39, 0.29) is 28.8 Å². The van der Waals surface area contributed by atoms with Crippen molar-refractivity contribution in [3.63, 3.8) is 0 Å². The molecule has 3 aromatic rings. The fourth-order valence-corrected chi connectivity index (χ4v) is 4.90. The van der Waals surface area contributed by atoms with Crippen LogP contribution in [0.25, 0.3) is 11.4 Å². The van der Waals surface area contributed by atoms with Gasteiger partial charge in [-0.1, -0.05) is 69.6 Å². The zero-order valence-electron chi connectivity index (χ0n) is 19.1. The van der Waals surface area contributed by atoms with Crippen LogP contribution >= 0.6 is 11.8 Å². The average molecular weight is 471 g/mol. The van der Waals surface area contributed by atoms with Gasteiger partial charge in [0, 0.05) is 17.7 Å². The van der Waals surface area contributed by atoms with E-state index < -0.39 is 11.6 Å². The van der Waals surface area contributed by atoms with Gasteiger partial charge < -0.3 is 5.32 Å². The van der Waals surface area contributed by atoms with Gasteiger partial charge in [0.05, 0.1) is 11.4 Å². The Morgan fingerprint density at radius 1 is 1.09 bits per heavy atom. The predicted octanol–water partition coefficient (Wildman–Crippen LogP) is 6.37. The Kier molecular flexibility index (Phi) is 6.83. The highest BCUT2D eigenvalue weighted by molar-refractivity contribution is 7.99. The van der Waals surface area contributed by atoms with Crippen molar-refractivity contribution in [3.05, 3.63) is 59.7 Å². The summed E-state index contributed by atoms with van der Waals surface area (Å²) in [6, 6.07) is 11.8. The minimum absolute atomic E-state index is 0.0427. The number of carbonyl (C=O) groups is 1. The van der Waals surface area contributed by atoms with Crippen LogP contribution in [-0.4, -0.2) is 26.4 Å². The van der Waals surface area contributed by atoms with Crippen LogP contribution in [0.3, 0.4) is 0 Å². The summed E-state index contributed by atoms with van der Waals surface area (Å²) in [6.45, 7) is 6.54. The minimum atomic E-state index is -0.802. The highest BCUT2D eigenvalue weighted by Crippen LogP contribution is 2.37. The summed E-state index contributed by atoms with van der Waals surface area (Å²) in [6.07, 6.45) is 4.40. The monoisotopic (exact) mass is 470 g/mol. The molecule has 1 heterocycles. The Morgan fingerprint density at radius 3 is 2.42 bits per heavy atom. The van der Waals surface area contributed by atoms with Gasteiger partial charge in [0.2, 0.25) is 5.91 Å². The summed E-state index contributed by atoms with van der Waals surface area (Å²) >= 11 is 1.27. The van der Waals surface area contributed by atoms with Gasteiger partial charge in [-0.05, 0) is 36.0 Å². The van der Waals surface area contributed by atoms with Crippen molar-refractivity contribution in [2.45, 2.75) is 63.1 Å². The number of nitrogens with zero attached hydrogens (tertiary/aromatic N) is 3. The first kappa shape index (κ1) is 23.4. The van der Waals surface area contributed by atoms with E-state index in [0.29, 0.717) is 5.16 Å². The predicted molar refractivity (Wildman–Crippen MR) is 127 cm³/mol. The quantitative estimate of drug-likeness (QED) is 0.426. The number of aromatic nitrogens is 3. The number of amides is 1. The molecule has 1 N–H and O–H groups in total. The van der Waals surface area contributed by atoms with Crippen LogP contribution in [0, 0.1) is 11.6 Å². The average Bonchev–Trinajstić information content (AvgIpc) is 3.43. The SMILES string of the molecule is CC(C)(C)c1ccc(-c2nnc(SCC(=O)Nc3ccc(F)cc3F)n2C2CCCC2)cc1. The summed E-state index contributed by atoms with van der Waals surface area (Å²) in [5.41, 5.74) is 2.26. The highest BCUT2D eigenvalue weighted by Gasteiger charge is 2.26. The second-order valence-electron chi connectivity index (χ2n) is 9.40. The van der Waals surface area contributed by atoms with Crippen LogP contribution < -0.4 is 5.32 Å². The van der Waals surface area contributed by atoms with Crippen molar-refractivity contribution < 1.29 is 13.6 Å². The van der Waals surface area contributed by atoms with Crippen LogP contribution in [0.1, 0.15) is 58.1 Å². The minimum Gasteiger partial charge on any atom is -0.323 e. The molecular formula is C25H28F2N4OS. The Morgan fingerprint density at radius 2 is 1.79 bits per heavy atom. The standard InChI is InChI=1S/C25H28F2N4OS/c1-25(2,3)17-10-8-16(9-11-17)23-29-30-24(31(23)19-6-4-5-7-19)33-15-22(32)28-21-13-12-18(26)14-20(21)27/h8-14,19H,4-7,15H2,1-3H3,(H,28,32). The third kappa shape index (κ3) is 5.43. The smallest absolute Gasteiger partial charge is 0.234 e. The van der Waals surface area contributed by atoms with E-state index in [0.717, 1.165) is 49.2 Å². The molecule has 1 amide bonds. The fourth-order valence-electron chi connectivity index (χ4n) is 4.09. The topological polar surface area (TPSA) is 59.8 Å². The summed E-state index contributed by atoms with van der Waals surface area (Å²) < 4.78 is 29.1. The Bertz CT molecular complexity index is 1130. The summed E-state index contributed by atoms with van der Waals surface area (Å²) in [7, 11) is 0. The Hall–Kier alpha value is -2.74. The van der Waals surface area contributed by atoms with Crippen molar-refractivity contribution in [2.24, 2.45) is 0 Å². The third-order valence-electron chi connectivity index (χ3n) is 5.90. The van der Waals surface area contributed by atoms with Crippen LogP contribution in [0.4, 0.5) is 14.5 Å². The number of carbonyl (C=O) groups excluding carboxylic acids is 1. The summed E-state index contributed by atoms with van der Waals surface area (Å²) in [5, 5.41) is 12.0. The maximum Gasteiger partial charge on any atom is 0.234 e. The molecule has 0 spiro atoms. The molecule has 1 saturated carbocycles. The molecule has 174 valence electrons. The first-order valence-corrected chi connectivity index (χ1v) is 12.1. The second kappa shape index (κ2) is 9.63. The van der Waals surface area contributed by atoms with Crippen LogP contribution in [0.5, 0.6) is 0 Å². The molecule has 1 aliphatic rings. The lowest BCUT2D eigenvalue weighted by Crippen LogP contribution is -2.16. The van der Waals surface area contributed by atoms with Gasteiger partial charge >= 0.3 is 0 Å². The zero-order valence-corrected chi connectivity index (χ0v) is 19.9. The third-order valence-corrected chi connectivity index (χ3v) is 6.84. The number of rotatable bonds is 6. The van der Waals surface area contributed by atoms with Crippen molar-refractivity contribution in [2.75, 3.05) is 11.1 Å². The van der Waals surface area contributed by atoms with Gasteiger partial charge in [0.1, 0.15) is 11.6 Å². The number of nitrogens with one attached hydrogen (secondary N) is 1. The van der Waals surface area contributed by atoms with E-state index in [1.165, 1.54) is 23.4 Å². The molecule has 4 rings (SSSR count). The normalized spacial score (nSPS) is 14.6. The molecule has 5 nitrogen and oxygen atoms in total. The molecule has 1 aromatic heterocycles. The molecule has 0 aliphatic heterocycles. The summed E-state index contributed by atoms with van der Waals surface area (Å²) in [5.74, 6) is -1.03. The van der Waals surface area contributed by atoms with Crippen molar-refractivity contribution in [1.29, 1.82) is 0 Å². The highest BCUT2D eigenvalue weighted by atomic mass is 32.2. The largest absolute Gasteiger partial charge is 0.323 e. The molecule has 33 heavy (non-hydrogen) atoms. The molecule has 0 unspecified atom stereocenters. The number of hydrogen-bond acceptors (Lipinski definition) is 4. The molecule has 2 aromatic carbocycles. The number of benzene rings is 2. The van der Waals surface area contributed by atoms with Gasteiger partial charge in [-0.15, -0.1) is 10.2 Å². The molecule has 0 radical (unpaired) electrons. The Labute approximate surface area is 197 Å². The fraction of sp³-hybridized carbons (Fsp3) is 0.400. The summed E-state index contributed by atoms with van der Waals surface area (Å²) in [4.78, 5) is 12.4. The molecule has 0 saturated heterocycles. The molecule has 1 fully saturated rings. The lowest BCUT2D eigenvalue weighted by atomic mass is 9.86. The van der Waals surface area contributed by atoms with Crippen LogP contribution in [0.2, 0.25) is 0 Å². The first-order chi connectivity index (χ1) is 15.7. The van der Waals surface area contributed by atoms with Gasteiger partial charge in [-0.25, -0.2) is 8.78 Å². The maximum atomic E-state index is 13.8. The second-order valence-corrected chi connectivity index (χ2v) is 10.3. The maximum absolute atomic E-state index is 13.8. The van der Waals surface area contributed by atoms with Gasteiger partial charge in [-0.2, -0.15) is 0 Å². The zero-order chi connectivity index (χ0) is 23.6.